The molecule has 5 nitrogen and oxygen atoms in total. The molecule has 0 aliphatic carbocycles. The fourth-order valence-corrected chi connectivity index (χ4v) is 1.89. The van der Waals surface area contributed by atoms with Gasteiger partial charge in [0, 0.05) is 17.8 Å². The highest BCUT2D eigenvalue weighted by molar-refractivity contribution is 5.89. The maximum Gasteiger partial charge on any atom is 0.319 e. The summed E-state index contributed by atoms with van der Waals surface area (Å²) in [4.78, 5) is 11.8. The van der Waals surface area contributed by atoms with E-state index in [0.717, 1.165) is 11.3 Å². The van der Waals surface area contributed by atoms with Gasteiger partial charge in [0.05, 0.1) is 6.20 Å². The van der Waals surface area contributed by atoms with Crippen molar-refractivity contribution >= 4 is 11.7 Å². The van der Waals surface area contributed by atoms with Gasteiger partial charge >= 0.3 is 6.03 Å². The van der Waals surface area contributed by atoms with Crippen molar-refractivity contribution in [3.8, 4) is 0 Å². The molecule has 1 aromatic heterocycles. The highest BCUT2D eigenvalue weighted by Crippen LogP contribution is 2.23. The number of carbonyl (C=O) groups excluding carboxylic acids is 1. The summed E-state index contributed by atoms with van der Waals surface area (Å²) in [5.74, 6) is 0.713. The topological polar surface area (TPSA) is 67.2 Å². The zero-order chi connectivity index (χ0) is 15.5. The summed E-state index contributed by atoms with van der Waals surface area (Å²) < 4.78 is 4.94. The number of aromatic nitrogens is 1. The van der Waals surface area contributed by atoms with E-state index in [1.54, 1.807) is 6.20 Å². The predicted octanol–water partition coefficient (Wildman–Crippen LogP) is 3.60. The van der Waals surface area contributed by atoms with Gasteiger partial charge in [0.25, 0.3) is 0 Å². The van der Waals surface area contributed by atoms with Crippen LogP contribution < -0.4 is 10.6 Å². The minimum atomic E-state index is -0.251. The lowest BCUT2D eigenvalue weighted by atomic mass is 9.87. The van der Waals surface area contributed by atoms with Gasteiger partial charge in [-0.1, -0.05) is 38.1 Å². The number of nitrogens with one attached hydrogen (secondary N) is 2. The lowest BCUT2D eigenvalue weighted by Crippen LogP contribution is -2.28. The van der Waals surface area contributed by atoms with Crippen molar-refractivity contribution in [3.05, 3.63) is 47.3 Å². The molecule has 0 saturated heterocycles. The second-order valence-corrected chi connectivity index (χ2v) is 6.04. The van der Waals surface area contributed by atoms with Crippen LogP contribution in [0.4, 0.5) is 10.5 Å². The molecule has 0 fully saturated rings. The Balaban J connectivity index is 1.89. The van der Waals surface area contributed by atoms with Gasteiger partial charge in [-0.15, -0.1) is 0 Å². The molecule has 112 valence electrons. The molecule has 0 atom stereocenters. The summed E-state index contributed by atoms with van der Waals surface area (Å²) in [7, 11) is 0. The quantitative estimate of drug-likeness (QED) is 0.906. The Kier molecular flexibility index (Phi) is 4.31. The van der Waals surface area contributed by atoms with Crippen LogP contribution in [0.2, 0.25) is 0 Å². The van der Waals surface area contributed by atoms with Crippen molar-refractivity contribution in [1.82, 2.24) is 10.5 Å². The van der Waals surface area contributed by atoms with E-state index >= 15 is 0 Å². The predicted molar refractivity (Wildman–Crippen MR) is 82.2 cm³/mol. The van der Waals surface area contributed by atoms with Crippen LogP contribution in [0, 0.1) is 6.92 Å². The van der Waals surface area contributed by atoms with E-state index in [4.69, 9.17) is 4.52 Å². The highest BCUT2D eigenvalue weighted by Gasteiger charge is 2.13. The van der Waals surface area contributed by atoms with Crippen LogP contribution in [0.5, 0.6) is 0 Å². The SMILES string of the molecule is Cc1oncc1CNC(=O)Nc1ccc(C(C)(C)C)cc1. The summed E-state index contributed by atoms with van der Waals surface area (Å²) in [6.07, 6.45) is 1.60. The van der Waals surface area contributed by atoms with Crippen molar-refractivity contribution in [3.63, 3.8) is 0 Å². The first-order chi connectivity index (χ1) is 9.86. The number of amides is 2. The average molecular weight is 287 g/mol. The van der Waals surface area contributed by atoms with Crippen LogP contribution in [0.3, 0.4) is 0 Å². The van der Waals surface area contributed by atoms with E-state index < -0.39 is 0 Å². The van der Waals surface area contributed by atoms with Crippen LogP contribution >= 0.6 is 0 Å². The zero-order valence-corrected chi connectivity index (χ0v) is 12.9. The second kappa shape index (κ2) is 5.99. The van der Waals surface area contributed by atoms with Gasteiger partial charge in [-0.05, 0) is 30.0 Å². The summed E-state index contributed by atoms with van der Waals surface area (Å²) in [5, 5.41) is 9.24. The minimum absolute atomic E-state index is 0.104. The Morgan fingerprint density at radius 2 is 1.90 bits per heavy atom. The molecule has 2 rings (SSSR count). The molecule has 2 N–H and O–H groups in total. The number of hydrogen-bond donors (Lipinski definition) is 2. The lowest BCUT2D eigenvalue weighted by molar-refractivity contribution is 0.251. The molecule has 0 saturated carbocycles. The Bertz CT molecular complexity index is 609. The Labute approximate surface area is 124 Å². The molecule has 0 radical (unpaired) electrons. The van der Waals surface area contributed by atoms with E-state index in [9.17, 15) is 4.79 Å². The number of hydrogen-bond acceptors (Lipinski definition) is 3. The number of aryl methyl sites for hydroxylation is 1. The first kappa shape index (κ1) is 15.1. The molecule has 2 aromatic rings. The van der Waals surface area contributed by atoms with Crippen LogP contribution in [-0.4, -0.2) is 11.2 Å². The molecule has 0 bridgehead atoms. The molecule has 5 heteroatoms. The second-order valence-electron chi connectivity index (χ2n) is 6.04. The normalized spacial score (nSPS) is 11.2. The Morgan fingerprint density at radius 1 is 1.24 bits per heavy atom. The van der Waals surface area contributed by atoms with E-state index in [1.807, 2.05) is 31.2 Å². The smallest absolute Gasteiger partial charge is 0.319 e. The molecule has 1 aromatic carbocycles. The maximum atomic E-state index is 11.8. The van der Waals surface area contributed by atoms with Crippen molar-refractivity contribution in [2.45, 2.75) is 39.7 Å². The standard InChI is InChI=1S/C16H21N3O2/c1-11-12(10-18-21-11)9-17-15(20)19-14-7-5-13(6-8-14)16(2,3)4/h5-8,10H,9H2,1-4H3,(H2,17,19,20). The molecule has 0 aliphatic heterocycles. The van der Waals surface area contributed by atoms with Gasteiger partial charge in [-0.2, -0.15) is 0 Å². The lowest BCUT2D eigenvalue weighted by Gasteiger charge is -2.19. The Morgan fingerprint density at radius 3 is 2.43 bits per heavy atom. The maximum absolute atomic E-state index is 11.8. The van der Waals surface area contributed by atoms with Crippen molar-refractivity contribution in [2.75, 3.05) is 5.32 Å². The number of urea groups is 1. The molecular formula is C16H21N3O2. The monoisotopic (exact) mass is 287 g/mol. The van der Waals surface area contributed by atoms with Gasteiger partial charge in [0.1, 0.15) is 5.76 Å². The highest BCUT2D eigenvalue weighted by atomic mass is 16.5. The summed E-state index contributed by atoms with van der Waals surface area (Å²) in [6.45, 7) is 8.67. The number of carbonyl (C=O) groups is 1. The molecule has 2 amide bonds. The van der Waals surface area contributed by atoms with Crippen LogP contribution in [0.15, 0.2) is 35.0 Å². The molecular weight excluding hydrogens is 266 g/mol. The molecule has 0 spiro atoms. The number of anilines is 1. The fourth-order valence-electron chi connectivity index (χ4n) is 1.89. The first-order valence-electron chi connectivity index (χ1n) is 6.92. The number of rotatable bonds is 3. The first-order valence-corrected chi connectivity index (χ1v) is 6.92. The fraction of sp³-hybridized carbons (Fsp3) is 0.375. The van der Waals surface area contributed by atoms with Crippen LogP contribution in [0.1, 0.15) is 37.7 Å². The largest absolute Gasteiger partial charge is 0.361 e. The van der Waals surface area contributed by atoms with Gasteiger partial charge < -0.3 is 15.2 Å². The van der Waals surface area contributed by atoms with Crippen molar-refractivity contribution in [1.29, 1.82) is 0 Å². The minimum Gasteiger partial charge on any atom is -0.361 e. The van der Waals surface area contributed by atoms with Crippen LogP contribution in [-0.2, 0) is 12.0 Å². The third-order valence-corrected chi connectivity index (χ3v) is 3.30. The van der Waals surface area contributed by atoms with Gasteiger partial charge in [-0.3, -0.25) is 0 Å². The van der Waals surface area contributed by atoms with E-state index in [2.05, 4.69) is 36.6 Å². The van der Waals surface area contributed by atoms with Gasteiger partial charge in [-0.25, -0.2) is 4.79 Å². The van der Waals surface area contributed by atoms with Gasteiger partial charge in [0.15, 0.2) is 0 Å². The number of nitrogens with zero attached hydrogens (tertiary/aromatic N) is 1. The van der Waals surface area contributed by atoms with Crippen molar-refractivity contribution < 1.29 is 9.32 Å². The Hall–Kier alpha value is -2.30. The summed E-state index contributed by atoms with van der Waals surface area (Å²) in [6, 6.07) is 7.62. The summed E-state index contributed by atoms with van der Waals surface area (Å²) in [5.41, 5.74) is 2.97. The molecule has 21 heavy (non-hydrogen) atoms. The summed E-state index contributed by atoms with van der Waals surface area (Å²) >= 11 is 0. The molecule has 1 heterocycles. The molecule has 0 aliphatic rings. The number of benzene rings is 1. The third-order valence-electron chi connectivity index (χ3n) is 3.30. The van der Waals surface area contributed by atoms with E-state index in [0.29, 0.717) is 12.3 Å². The van der Waals surface area contributed by atoms with Gasteiger partial charge in [0.2, 0.25) is 0 Å². The third kappa shape index (κ3) is 4.08. The van der Waals surface area contributed by atoms with E-state index in [-0.39, 0.29) is 11.4 Å². The van der Waals surface area contributed by atoms with Crippen LogP contribution in [0.25, 0.3) is 0 Å². The zero-order valence-electron chi connectivity index (χ0n) is 12.9. The molecule has 0 unspecified atom stereocenters. The van der Waals surface area contributed by atoms with Crippen molar-refractivity contribution in [2.24, 2.45) is 0 Å². The van der Waals surface area contributed by atoms with E-state index in [1.165, 1.54) is 5.56 Å². The average Bonchev–Trinajstić information content (AvgIpc) is 2.81.